The van der Waals surface area contributed by atoms with Gasteiger partial charge in [0.2, 0.25) is 0 Å². The molecule has 0 fully saturated rings. The van der Waals surface area contributed by atoms with Gasteiger partial charge in [-0.25, -0.2) is 0 Å². The average Bonchev–Trinajstić information content (AvgIpc) is 2.83. The SMILES string of the molecule is Cc1cc(C(=O)Nc2[nH]ncc2N)c2ccccc2n1. The Morgan fingerprint density at radius 3 is 2.90 bits per heavy atom. The number of aromatic nitrogens is 3. The highest BCUT2D eigenvalue weighted by molar-refractivity contribution is 6.12. The van der Waals surface area contributed by atoms with Crippen LogP contribution in [0.15, 0.2) is 36.5 Å². The summed E-state index contributed by atoms with van der Waals surface area (Å²) in [6.45, 7) is 1.85. The molecule has 2 aromatic heterocycles. The molecule has 0 unspecified atom stereocenters. The number of hydrogen-bond acceptors (Lipinski definition) is 4. The zero-order valence-corrected chi connectivity index (χ0v) is 10.8. The van der Waals surface area contributed by atoms with Gasteiger partial charge in [-0.1, -0.05) is 18.2 Å². The molecular weight excluding hydrogens is 254 g/mol. The van der Waals surface area contributed by atoms with E-state index in [2.05, 4.69) is 20.5 Å². The monoisotopic (exact) mass is 267 g/mol. The molecule has 0 bridgehead atoms. The van der Waals surface area contributed by atoms with Gasteiger partial charge in [-0.3, -0.25) is 14.9 Å². The van der Waals surface area contributed by atoms with Gasteiger partial charge in [-0.15, -0.1) is 0 Å². The van der Waals surface area contributed by atoms with Gasteiger partial charge < -0.3 is 11.1 Å². The first kappa shape index (κ1) is 12.2. The van der Waals surface area contributed by atoms with Gasteiger partial charge in [0, 0.05) is 11.1 Å². The summed E-state index contributed by atoms with van der Waals surface area (Å²) in [6.07, 6.45) is 1.45. The second kappa shape index (κ2) is 4.65. The number of H-pyrrole nitrogens is 1. The third-order valence-corrected chi connectivity index (χ3v) is 3.00. The molecule has 4 N–H and O–H groups in total. The maximum absolute atomic E-state index is 12.4. The van der Waals surface area contributed by atoms with Crippen LogP contribution in [-0.4, -0.2) is 21.1 Å². The van der Waals surface area contributed by atoms with Crippen LogP contribution in [0.4, 0.5) is 11.5 Å². The summed E-state index contributed by atoms with van der Waals surface area (Å²) in [7, 11) is 0. The fourth-order valence-electron chi connectivity index (χ4n) is 2.07. The number of nitrogens with zero attached hydrogens (tertiary/aromatic N) is 2. The molecular formula is C14H13N5O. The number of carbonyl (C=O) groups excluding carboxylic acids is 1. The highest BCUT2D eigenvalue weighted by atomic mass is 16.1. The van der Waals surface area contributed by atoms with E-state index in [1.54, 1.807) is 6.07 Å². The molecule has 3 rings (SSSR count). The van der Waals surface area contributed by atoms with Crippen molar-refractivity contribution < 1.29 is 4.79 Å². The number of hydrogen-bond donors (Lipinski definition) is 3. The number of pyridine rings is 1. The van der Waals surface area contributed by atoms with Crippen molar-refractivity contribution in [3.05, 3.63) is 47.8 Å². The van der Waals surface area contributed by atoms with Crippen LogP contribution in [0.2, 0.25) is 0 Å². The van der Waals surface area contributed by atoms with Gasteiger partial charge in [0.05, 0.1) is 23.0 Å². The van der Waals surface area contributed by atoms with Crippen LogP contribution in [0.3, 0.4) is 0 Å². The van der Waals surface area contributed by atoms with Crippen molar-refractivity contribution in [1.82, 2.24) is 15.2 Å². The zero-order chi connectivity index (χ0) is 14.1. The van der Waals surface area contributed by atoms with Gasteiger partial charge >= 0.3 is 0 Å². The summed E-state index contributed by atoms with van der Waals surface area (Å²) >= 11 is 0. The van der Waals surface area contributed by atoms with Crippen molar-refractivity contribution in [1.29, 1.82) is 0 Å². The summed E-state index contributed by atoms with van der Waals surface area (Å²) in [5, 5.41) is 9.93. The summed E-state index contributed by atoms with van der Waals surface area (Å²) < 4.78 is 0. The number of carbonyl (C=O) groups is 1. The lowest BCUT2D eigenvalue weighted by Crippen LogP contribution is -2.14. The Kier molecular flexibility index (Phi) is 2.83. The molecule has 3 aromatic rings. The standard InChI is InChI=1S/C14H13N5O/c1-8-6-10(9-4-2-3-5-12(9)17-8)14(20)18-13-11(15)7-16-19-13/h2-7H,15H2,1H3,(H2,16,18,19,20). The zero-order valence-electron chi connectivity index (χ0n) is 10.8. The van der Waals surface area contributed by atoms with Crippen molar-refractivity contribution >= 4 is 28.3 Å². The van der Waals surface area contributed by atoms with Crippen LogP contribution < -0.4 is 11.1 Å². The van der Waals surface area contributed by atoms with Crippen LogP contribution in [-0.2, 0) is 0 Å². The number of nitrogen functional groups attached to an aromatic ring is 1. The lowest BCUT2D eigenvalue weighted by molar-refractivity contribution is 0.102. The Hall–Kier alpha value is -2.89. The minimum atomic E-state index is -0.248. The second-order valence-corrected chi connectivity index (χ2v) is 4.48. The number of fused-ring (bicyclic) bond motifs is 1. The molecule has 1 amide bonds. The van der Waals surface area contributed by atoms with Crippen LogP contribution >= 0.6 is 0 Å². The fraction of sp³-hybridized carbons (Fsp3) is 0.0714. The highest BCUT2D eigenvalue weighted by Crippen LogP contribution is 2.20. The molecule has 6 heteroatoms. The molecule has 20 heavy (non-hydrogen) atoms. The molecule has 0 saturated heterocycles. The Balaban J connectivity index is 2.05. The van der Waals surface area contributed by atoms with Gasteiger partial charge in [0.15, 0.2) is 5.82 Å². The van der Waals surface area contributed by atoms with Gasteiger partial charge in [0.1, 0.15) is 0 Å². The molecule has 100 valence electrons. The second-order valence-electron chi connectivity index (χ2n) is 4.48. The smallest absolute Gasteiger partial charge is 0.257 e. The number of rotatable bonds is 2. The van der Waals surface area contributed by atoms with Crippen molar-refractivity contribution in [3.8, 4) is 0 Å². The Morgan fingerprint density at radius 1 is 1.35 bits per heavy atom. The van der Waals surface area contributed by atoms with Crippen LogP contribution in [0.25, 0.3) is 10.9 Å². The molecule has 0 atom stereocenters. The normalized spacial score (nSPS) is 10.7. The third kappa shape index (κ3) is 2.07. The van der Waals surface area contributed by atoms with E-state index in [1.807, 2.05) is 31.2 Å². The molecule has 0 aliphatic carbocycles. The molecule has 2 heterocycles. The van der Waals surface area contributed by atoms with E-state index in [9.17, 15) is 4.79 Å². The number of aryl methyl sites for hydroxylation is 1. The number of amides is 1. The molecule has 0 spiro atoms. The van der Waals surface area contributed by atoms with Crippen molar-refractivity contribution in [3.63, 3.8) is 0 Å². The molecule has 0 aliphatic heterocycles. The number of aromatic amines is 1. The van der Waals surface area contributed by atoms with Gasteiger partial charge in [-0.2, -0.15) is 5.10 Å². The molecule has 6 nitrogen and oxygen atoms in total. The average molecular weight is 267 g/mol. The van der Waals surface area contributed by atoms with E-state index >= 15 is 0 Å². The van der Waals surface area contributed by atoms with Crippen molar-refractivity contribution in [2.75, 3.05) is 11.1 Å². The minimum absolute atomic E-state index is 0.248. The lowest BCUT2D eigenvalue weighted by atomic mass is 10.1. The van der Waals surface area contributed by atoms with Crippen LogP contribution in [0.1, 0.15) is 16.1 Å². The number of para-hydroxylation sites is 1. The summed E-state index contributed by atoms with van der Waals surface area (Å²) in [6, 6.07) is 9.27. The Morgan fingerprint density at radius 2 is 2.15 bits per heavy atom. The van der Waals surface area contributed by atoms with Crippen LogP contribution in [0, 0.1) is 6.92 Å². The first-order chi connectivity index (χ1) is 9.65. The first-order valence-corrected chi connectivity index (χ1v) is 6.12. The Labute approximate surface area is 115 Å². The van der Waals surface area contributed by atoms with E-state index in [0.29, 0.717) is 17.1 Å². The predicted octanol–water partition coefficient (Wildman–Crippen LogP) is 2.10. The number of nitrogens with two attached hydrogens (primary N) is 1. The largest absolute Gasteiger partial charge is 0.394 e. The van der Waals surface area contributed by atoms with Crippen LogP contribution in [0.5, 0.6) is 0 Å². The molecule has 0 saturated carbocycles. The predicted molar refractivity (Wildman–Crippen MR) is 77.4 cm³/mol. The maximum atomic E-state index is 12.4. The molecule has 1 aromatic carbocycles. The van der Waals surface area contributed by atoms with Crippen molar-refractivity contribution in [2.45, 2.75) is 6.92 Å². The van der Waals surface area contributed by atoms with E-state index < -0.39 is 0 Å². The summed E-state index contributed by atoms with van der Waals surface area (Å²) in [5.41, 5.74) is 8.21. The van der Waals surface area contributed by atoms with E-state index in [1.165, 1.54) is 6.20 Å². The fourth-order valence-corrected chi connectivity index (χ4v) is 2.07. The third-order valence-electron chi connectivity index (χ3n) is 3.00. The lowest BCUT2D eigenvalue weighted by Gasteiger charge is -2.08. The van der Waals surface area contributed by atoms with Gasteiger partial charge in [-0.05, 0) is 19.1 Å². The van der Waals surface area contributed by atoms with Crippen molar-refractivity contribution in [2.24, 2.45) is 0 Å². The summed E-state index contributed by atoms with van der Waals surface area (Å²) in [5.74, 6) is 0.149. The quantitative estimate of drug-likeness (QED) is 0.662. The number of anilines is 2. The maximum Gasteiger partial charge on any atom is 0.257 e. The first-order valence-electron chi connectivity index (χ1n) is 6.12. The highest BCUT2D eigenvalue weighted by Gasteiger charge is 2.13. The van der Waals surface area contributed by atoms with E-state index in [4.69, 9.17) is 5.73 Å². The topological polar surface area (TPSA) is 96.7 Å². The number of nitrogens with one attached hydrogen (secondary N) is 2. The van der Waals surface area contributed by atoms with Gasteiger partial charge in [0.25, 0.3) is 5.91 Å². The molecule has 0 aliphatic rings. The summed E-state index contributed by atoms with van der Waals surface area (Å²) in [4.78, 5) is 16.8. The minimum Gasteiger partial charge on any atom is -0.394 e. The van der Waals surface area contributed by atoms with E-state index in [0.717, 1.165) is 16.6 Å². The number of benzene rings is 1. The molecule has 0 radical (unpaired) electrons. The Bertz CT molecular complexity index is 793. The van der Waals surface area contributed by atoms with E-state index in [-0.39, 0.29) is 5.91 Å².